The average Bonchev–Trinajstić information content (AvgIpc) is 2.63. The fourth-order valence-corrected chi connectivity index (χ4v) is 4.18. The predicted octanol–water partition coefficient (Wildman–Crippen LogP) is 9.53. The van der Waals surface area contributed by atoms with Gasteiger partial charge in [0, 0.05) is 0 Å². The van der Waals surface area contributed by atoms with Crippen molar-refractivity contribution in [3.8, 4) is 0 Å². The molecule has 0 amide bonds. The second kappa shape index (κ2) is 22.2. The number of carbonyl (C=O) groups is 1. The van der Waals surface area contributed by atoms with Gasteiger partial charge in [-0.25, -0.2) is 0 Å². The third kappa shape index (κ3) is 21.2. The van der Waals surface area contributed by atoms with Crippen LogP contribution in [0, 0.1) is 0 Å². The number of alkyl halides is 1. The normalized spacial score (nSPS) is 12.4. The van der Waals surface area contributed by atoms with Crippen molar-refractivity contribution in [1.29, 1.82) is 0 Å². The average molecular weight is 543 g/mol. The Morgan fingerprint density at radius 1 is 0.615 bits per heavy atom. The summed E-state index contributed by atoms with van der Waals surface area (Å²) < 4.78 is 0.318. The van der Waals surface area contributed by atoms with Crippen LogP contribution in [-0.4, -0.2) is 8.62 Å². The second-order valence-corrected chi connectivity index (χ2v) is 10.2. The van der Waals surface area contributed by atoms with Crippen LogP contribution >= 0.6 is 38.5 Å². The standard InChI is InChI=1S/C23H44BrIO/c1-2-3-4-5-6-7-8-9-10-11-12-13-14-15-16-17-18-19-20-21-22(25)23(24)26/h22H,2-21H2,1H3. The van der Waals surface area contributed by atoms with Crippen molar-refractivity contribution in [3.63, 3.8) is 0 Å². The lowest BCUT2D eigenvalue weighted by Crippen LogP contribution is -2.05. The third-order valence-electron chi connectivity index (χ3n) is 5.31. The molecule has 1 atom stereocenters. The highest BCUT2D eigenvalue weighted by Crippen LogP contribution is 2.17. The Morgan fingerprint density at radius 3 is 1.15 bits per heavy atom. The van der Waals surface area contributed by atoms with Crippen molar-refractivity contribution in [2.24, 2.45) is 0 Å². The molecule has 0 aromatic rings. The summed E-state index contributed by atoms with van der Waals surface area (Å²) in [7, 11) is 0. The lowest BCUT2D eigenvalue weighted by Gasteiger charge is -2.05. The Morgan fingerprint density at radius 2 is 0.885 bits per heavy atom. The van der Waals surface area contributed by atoms with Crippen LogP contribution in [0.15, 0.2) is 0 Å². The van der Waals surface area contributed by atoms with Crippen molar-refractivity contribution >= 4 is 43.2 Å². The Bertz CT molecular complexity index is 296. The van der Waals surface area contributed by atoms with Crippen molar-refractivity contribution in [2.45, 2.75) is 139 Å². The van der Waals surface area contributed by atoms with Gasteiger partial charge in [0.15, 0.2) is 0 Å². The maximum Gasteiger partial charge on any atom is 0.210 e. The SMILES string of the molecule is CCCCCCCCCCCCCCCCCCCCCC(I)C(=O)Br. The fraction of sp³-hybridized carbons (Fsp3) is 0.957. The van der Waals surface area contributed by atoms with Gasteiger partial charge in [0.2, 0.25) is 4.69 Å². The Hall–Kier alpha value is 0.880. The van der Waals surface area contributed by atoms with Gasteiger partial charge < -0.3 is 0 Å². The molecular formula is C23H44BrIO. The van der Waals surface area contributed by atoms with Gasteiger partial charge in [-0.05, 0) is 22.4 Å². The zero-order chi connectivity index (χ0) is 19.3. The molecule has 0 spiro atoms. The van der Waals surface area contributed by atoms with E-state index < -0.39 is 0 Å². The van der Waals surface area contributed by atoms with Crippen LogP contribution in [0.3, 0.4) is 0 Å². The molecule has 0 saturated heterocycles. The number of halogens is 2. The van der Waals surface area contributed by atoms with E-state index in [2.05, 4.69) is 45.4 Å². The van der Waals surface area contributed by atoms with Crippen LogP contribution in [0.25, 0.3) is 0 Å². The molecule has 0 aliphatic heterocycles. The van der Waals surface area contributed by atoms with Gasteiger partial charge in [0.25, 0.3) is 0 Å². The summed E-state index contributed by atoms with van der Waals surface area (Å²) in [5.41, 5.74) is 0. The van der Waals surface area contributed by atoms with Crippen molar-refractivity contribution < 1.29 is 4.79 Å². The molecule has 0 fully saturated rings. The van der Waals surface area contributed by atoms with E-state index in [1.165, 1.54) is 122 Å². The number of carbonyl (C=O) groups excluding carboxylic acids is 1. The molecule has 0 N–H and O–H groups in total. The molecule has 0 aliphatic carbocycles. The van der Waals surface area contributed by atoms with Gasteiger partial charge >= 0.3 is 0 Å². The van der Waals surface area contributed by atoms with E-state index in [0.717, 1.165) is 6.42 Å². The summed E-state index contributed by atoms with van der Waals surface area (Å²) in [5, 5.41) is 0. The first-order valence-electron chi connectivity index (χ1n) is 11.5. The van der Waals surface area contributed by atoms with E-state index in [9.17, 15) is 4.79 Å². The summed E-state index contributed by atoms with van der Waals surface area (Å²) in [4.78, 5) is 11.1. The predicted molar refractivity (Wildman–Crippen MR) is 130 cm³/mol. The summed E-state index contributed by atoms with van der Waals surface area (Å²) in [5.74, 6) is 0. The number of hydrogen-bond donors (Lipinski definition) is 0. The number of rotatable bonds is 21. The van der Waals surface area contributed by atoms with Crippen LogP contribution < -0.4 is 0 Å². The van der Waals surface area contributed by atoms with E-state index in [0.29, 0.717) is 0 Å². The summed E-state index contributed by atoms with van der Waals surface area (Å²) >= 11 is 5.29. The monoisotopic (exact) mass is 542 g/mol. The molecule has 1 nitrogen and oxygen atoms in total. The molecule has 156 valence electrons. The zero-order valence-electron chi connectivity index (χ0n) is 17.4. The van der Waals surface area contributed by atoms with E-state index in [-0.39, 0.29) is 8.62 Å². The molecule has 0 saturated carbocycles. The van der Waals surface area contributed by atoms with Crippen LogP contribution in [0.4, 0.5) is 0 Å². The van der Waals surface area contributed by atoms with Crippen LogP contribution in [0.2, 0.25) is 0 Å². The van der Waals surface area contributed by atoms with Crippen LogP contribution in [-0.2, 0) is 4.79 Å². The summed E-state index contributed by atoms with van der Waals surface area (Å²) in [6.45, 7) is 2.29. The molecule has 3 heteroatoms. The smallest absolute Gasteiger partial charge is 0.210 e. The molecule has 0 aliphatic rings. The molecular weight excluding hydrogens is 499 g/mol. The van der Waals surface area contributed by atoms with Crippen molar-refractivity contribution in [2.75, 3.05) is 0 Å². The second-order valence-electron chi connectivity index (χ2n) is 7.92. The van der Waals surface area contributed by atoms with Crippen molar-refractivity contribution in [1.82, 2.24) is 0 Å². The van der Waals surface area contributed by atoms with Crippen LogP contribution in [0.1, 0.15) is 135 Å². The lowest BCUT2D eigenvalue weighted by molar-refractivity contribution is -0.109. The largest absolute Gasteiger partial charge is 0.285 e. The quantitative estimate of drug-likeness (QED) is 0.0610. The highest BCUT2D eigenvalue weighted by atomic mass is 127. The van der Waals surface area contributed by atoms with Crippen LogP contribution in [0.5, 0.6) is 0 Å². The Balaban J connectivity index is 3.04. The molecule has 1 unspecified atom stereocenters. The van der Waals surface area contributed by atoms with E-state index in [1.54, 1.807) is 0 Å². The molecule has 0 aromatic heterocycles. The Kier molecular flexibility index (Phi) is 22.9. The number of hydrogen-bond acceptors (Lipinski definition) is 1. The minimum atomic E-state index is 0.153. The highest BCUT2D eigenvalue weighted by Gasteiger charge is 2.09. The topological polar surface area (TPSA) is 17.1 Å². The van der Waals surface area contributed by atoms with Gasteiger partial charge in [-0.15, -0.1) is 0 Å². The first-order valence-corrected chi connectivity index (χ1v) is 13.6. The van der Waals surface area contributed by atoms with Gasteiger partial charge in [-0.1, -0.05) is 152 Å². The first kappa shape index (κ1) is 26.9. The minimum absolute atomic E-state index is 0.153. The number of unbranched alkanes of at least 4 members (excludes halogenated alkanes) is 18. The highest BCUT2D eigenvalue weighted by molar-refractivity contribution is 14.1. The third-order valence-corrected chi connectivity index (χ3v) is 7.90. The zero-order valence-corrected chi connectivity index (χ0v) is 21.1. The molecule has 0 bridgehead atoms. The molecule has 0 aromatic carbocycles. The van der Waals surface area contributed by atoms with E-state index in [1.807, 2.05) is 0 Å². The summed E-state index contributed by atoms with van der Waals surface area (Å²) in [6, 6.07) is 0. The molecule has 0 radical (unpaired) electrons. The van der Waals surface area contributed by atoms with Gasteiger partial charge in [-0.2, -0.15) is 0 Å². The van der Waals surface area contributed by atoms with Gasteiger partial charge in [0.1, 0.15) is 0 Å². The lowest BCUT2D eigenvalue weighted by atomic mass is 10.0. The van der Waals surface area contributed by atoms with Crippen molar-refractivity contribution in [3.05, 3.63) is 0 Å². The minimum Gasteiger partial charge on any atom is -0.285 e. The van der Waals surface area contributed by atoms with Gasteiger partial charge in [-0.3, -0.25) is 4.79 Å². The Labute approximate surface area is 186 Å². The fourth-order valence-electron chi connectivity index (χ4n) is 3.52. The first-order chi connectivity index (χ1) is 12.7. The maximum atomic E-state index is 11.1. The molecule has 26 heavy (non-hydrogen) atoms. The summed E-state index contributed by atoms with van der Waals surface area (Å²) in [6.07, 6.45) is 27.9. The van der Waals surface area contributed by atoms with E-state index in [4.69, 9.17) is 0 Å². The maximum absolute atomic E-state index is 11.1. The molecule has 0 rings (SSSR count). The van der Waals surface area contributed by atoms with E-state index >= 15 is 0 Å². The molecule has 0 heterocycles. The van der Waals surface area contributed by atoms with Gasteiger partial charge in [0.05, 0.1) is 3.92 Å².